The van der Waals surface area contributed by atoms with Gasteiger partial charge < -0.3 is 5.32 Å². The van der Waals surface area contributed by atoms with Crippen LogP contribution in [0.15, 0.2) is 24.4 Å². The van der Waals surface area contributed by atoms with E-state index in [-0.39, 0.29) is 0 Å². The summed E-state index contributed by atoms with van der Waals surface area (Å²) in [7, 11) is 0. The topological polar surface area (TPSA) is 24.9 Å². The van der Waals surface area contributed by atoms with Gasteiger partial charge in [0.25, 0.3) is 0 Å². The number of hydrogen-bond acceptors (Lipinski definition) is 2. The Labute approximate surface area is 98.5 Å². The molecule has 1 aliphatic rings. The van der Waals surface area contributed by atoms with E-state index in [0.717, 1.165) is 24.2 Å². The van der Waals surface area contributed by atoms with Crippen molar-refractivity contribution in [3.63, 3.8) is 0 Å². The van der Waals surface area contributed by atoms with Crippen LogP contribution in [0.4, 0.5) is 5.82 Å². The van der Waals surface area contributed by atoms with Gasteiger partial charge in [-0.05, 0) is 36.8 Å². The number of nitrogens with zero attached hydrogens (tertiary/aromatic N) is 1. The Hall–Kier alpha value is -1.05. The van der Waals surface area contributed by atoms with Crippen LogP contribution >= 0.6 is 0 Å². The zero-order chi connectivity index (χ0) is 11.2. The molecule has 1 N–H and O–H groups in total. The minimum absolute atomic E-state index is 0.931. The molecule has 0 saturated heterocycles. The van der Waals surface area contributed by atoms with E-state index in [1.54, 1.807) is 0 Å². The summed E-state index contributed by atoms with van der Waals surface area (Å²) < 4.78 is 0. The lowest BCUT2D eigenvalue weighted by Crippen LogP contribution is -2.16. The molecular formula is C14H22N2. The van der Waals surface area contributed by atoms with Gasteiger partial charge in [-0.15, -0.1) is 0 Å². The lowest BCUT2D eigenvalue weighted by atomic mass is 9.81. The zero-order valence-corrected chi connectivity index (χ0v) is 10.2. The zero-order valence-electron chi connectivity index (χ0n) is 10.2. The highest BCUT2D eigenvalue weighted by Gasteiger charge is 2.18. The fourth-order valence-electron chi connectivity index (χ4n) is 2.69. The minimum atomic E-state index is 0.931. The van der Waals surface area contributed by atoms with E-state index in [9.17, 15) is 0 Å². The maximum absolute atomic E-state index is 4.27. The average molecular weight is 218 g/mol. The molecule has 2 rings (SSSR count). The largest absolute Gasteiger partial charge is 0.370 e. The Morgan fingerprint density at radius 1 is 1.38 bits per heavy atom. The molecule has 0 radical (unpaired) electrons. The lowest BCUT2D eigenvalue weighted by Gasteiger charge is -2.26. The number of rotatable bonds is 4. The molecule has 0 amide bonds. The molecule has 2 atom stereocenters. The van der Waals surface area contributed by atoms with E-state index < -0.39 is 0 Å². The van der Waals surface area contributed by atoms with Gasteiger partial charge in [-0.2, -0.15) is 0 Å². The summed E-state index contributed by atoms with van der Waals surface area (Å²) in [5.41, 5.74) is 0. The summed E-state index contributed by atoms with van der Waals surface area (Å²) in [4.78, 5) is 4.27. The van der Waals surface area contributed by atoms with Gasteiger partial charge in [0.15, 0.2) is 0 Å². The Balaban J connectivity index is 1.68. The molecule has 2 unspecified atom stereocenters. The first kappa shape index (κ1) is 11.4. The van der Waals surface area contributed by atoms with Crippen LogP contribution in [0.25, 0.3) is 0 Å². The van der Waals surface area contributed by atoms with Crippen molar-refractivity contribution in [3.05, 3.63) is 24.4 Å². The molecule has 2 nitrogen and oxygen atoms in total. The van der Waals surface area contributed by atoms with E-state index in [2.05, 4.69) is 17.2 Å². The summed E-state index contributed by atoms with van der Waals surface area (Å²) in [5, 5.41) is 3.40. The third-order valence-electron chi connectivity index (χ3n) is 3.57. The van der Waals surface area contributed by atoms with Crippen molar-refractivity contribution in [2.75, 3.05) is 11.9 Å². The fourth-order valence-corrected chi connectivity index (χ4v) is 2.69. The number of nitrogens with one attached hydrogen (secondary N) is 1. The molecule has 0 spiro atoms. The number of anilines is 1. The molecule has 0 bridgehead atoms. The van der Waals surface area contributed by atoms with E-state index in [1.807, 2.05) is 24.4 Å². The first-order chi connectivity index (χ1) is 7.84. The third kappa shape index (κ3) is 3.51. The molecule has 16 heavy (non-hydrogen) atoms. The summed E-state index contributed by atoms with van der Waals surface area (Å²) in [5.74, 6) is 2.87. The maximum atomic E-state index is 4.27. The Morgan fingerprint density at radius 2 is 2.31 bits per heavy atom. The van der Waals surface area contributed by atoms with E-state index in [4.69, 9.17) is 0 Å². The highest BCUT2D eigenvalue weighted by atomic mass is 15.0. The number of pyridine rings is 1. The van der Waals surface area contributed by atoms with Gasteiger partial charge >= 0.3 is 0 Å². The molecule has 0 aliphatic heterocycles. The summed E-state index contributed by atoms with van der Waals surface area (Å²) >= 11 is 0. The molecule has 2 heteroatoms. The monoisotopic (exact) mass is 218 g/mol. The quantitative estimate of drug-likeness (QED) is 0.833. The fraction of sp³-hybridized carbons (Fsp3) is 0.643. The summed E-state index contributed by atoms with van der Waals surface area (Å²) in [6.07, 6.45) is 8.84. The second-order valence-corrected chi connectivity index (χ2v) is 5.07. The number of aromatic nitrogens is 1. The Kier molecular flexibility index (Phi) is 4.20. The highest BCUT2D eigenvalue weighted by molar-refractivity contribution is 5.32. The van der Waals surface area contributed by atoms with Crippen LogP contribution < -0.4 is 5.32 Å². The smallest absolute Gasteiger partial charge is 0.125 e. The molecule has 1 fully saturated rings. The van der Waals surface area contributed by atoms with Crippen molar-refractivity contribution >= 4 is 5.82 Å². The molecule has 1 heterocycles. The van der Waals surface area contributed by atoms with Gasteiger partial charge in [0.05, 0.1) is 0 Å². The molecule has 1 saturated carbocycles. The molecule has 0 aromatic carbocycles. The van der Waals surface area contributed by atoms with Gasteiger partial charge in [-0.3, -0.25) is 0 Å². The predicted molar refractivity (Wildman–Crippen MR) is 68.5 cm³/mol. The van der Waals surface area contributed by atoms with Crippen LogP contribution in [-0.2, 0) is 0 Å². The average Bonchev–Trinajstić information content (AvgIpc) is 2.30. The van der Waals surface area contributed by atoms with Crippen molar-refractivity contribution < 1.29 is 0 Å². The van der Waals surface area contributed by atoms with Crippen LogP contribution in [0.2, 0.25) is 0 Å². The Morgan fingerprint density at radius 3 is 3.06 bits per heavy atom. The van der Waals surface area contributed by atoms with E-state index in [1.165, 1.54) is 32.1 Å². The van der Waals surface area contributed by atoms with Crippen molar-refractivity contribution in [2.24, 2.45) is 11.8 Å². The molecule has 1 aromatic heterocycles. The first-order valence-corrected chi connectivity index (χ1v) is 6.49. The second-order valence-electron chi connectivity index (χ2n) is 5.07. The van der Waals surface area contributed by atoms with E-state index in [0.29, 0.717) is 0 Å². The van der Waals surface area contributed by atoms with Gasteiger partial charge in [0.2, 0.25) is 0 Å². The van der Waals surface area contributed by atoms with E-state index >= 15 is 0 Å². The third-order valence-corrected chi connectivity index (χ3v) is 3.57. The summed E-state index contributed by atoms with van der Waals surface area (Å²) in [6.45, 7) is 3.45. The minimum Gasteiger partial charge on any atom is -0.370 e. The lowest BCUT2D eigenvalue weighted by molar-refractivity contribution is 0.274. The van der Waals surface area contributed by atoms with Crippen molar-refractivity contribution in [1.29, 1.82) is 0 Å². The van der Waals surface area contributed by atoms with Crippen LogP contribution in [0.5, 0.6) is 0 Å². The van der Waals surface area contributed by atoms with Crippen molar-refractivity contribution in [2.45, 2.75) is 39.0 Å². The van der Waals surface area contributed by atoms with Crippen LogP contribution in [0.3, 0.4) is 0 Å². The normalized spacial score (nSPS) is 25.3. The molecule has 1 aromatic rings. The second kappa shape index (κ2) is 5.88. The predicted octanol–water partition coefficient (Wildman–Crippen LogP) is 3.71. The summed E-state index contributed by atoms with van der Waals surface area (Å²) in [6, 6.07) is 6.01. The van der Waals surface area contributed by atoms with Crippen molar-refractivity contribution in [3.8, 4) is 0 Å². The van der Waals surface area contributed by atoms with Crippen molar-refractivity contribution in [1.82, 2.24) is 4.98 Å². The highest BCUT2D eigenvalue weighted by Crippen LogP contribution is 2.30. The molecule has 88 valence electrons. The van der Waals surface area contributed by atoms with Crippen LogP contribution in [0, 0.1) is 11.8 Å². The SMILES string of the molecule is CC1CCCC(CCNc2ccccn2)C1. The molecular weight excluding hydrogens is 196 g/mol. The standard InChI is InChI=1S/C14H22N2/c1-12-5-4-6-13(11-12)8-10-16-14-7-2-3-9-15-14/h2-3,7,9,12-13H,4-6,8,10-11H2,1H3,(H,15,16). The van der Waals surface area contributed by atoms with Crippen LogP contribution in [-0.4, -0.2) is 11.5 Å². The number of hydrogen-bond donors (Lipinski definition) is 1. The van der Waals surface area contributed by atoms with Gasteiger partial charge in [0, 0.05) is 12.7 Å². The van der Waals surface area contributed by atoms with Crippen LogP contribution in [0.1, 0.15) is 39.0 Å². The molecule has 1 aliphatic carbocycles. The first-order valence-electron chi connectivity index (χ1n) is 6.49. The maximum Gasteiger partial charge on any atom is 0.125 e. The Bertz CT molecular complexity index is 297. The van der Waals surface area contributed by atoms with Gasteiger partial charge in [-0.25, -0.2) is 4.98 Å². The van der Waals surface area contributed by atoms with Gasteiger partial charge in [0.1, 0.15) is 5.82 Å². The van der Waals surface area contributed by atoms with Gasteiger partial charge in [-0.1, -0.05) is 32.3 Å².